The highest BCUT2D eigenvalue weighted by molar-refractivity contribution is 7.89. The van der Waals surface area contributed by atoms with Crippen molar-refractivity contribution in [2.75, 3.05) is 6.54 Å². The smallest absolute Gasteiger partial charge is 0.345 e. The molecule has 5 nitrogen and oxygen atoms in total. The van der Waals surface area contributed by atoms with Crippen LogP contribution >= 0.6 is 11.3 Å². The zero-order valence-electron chi connectivity index (χ0n) is 12.6. The topological polar surface area (TPSA) is 83.5 Å². The maximum atomic E-state index is 12.4. The minimum Gasteiger partial charge on any atom is -0.477 e. The van der Waals surface area contributed by atoms with Gasteiger partial charge in [0.05, 0.1) is 4.90 Å². The average Bonchev–Trinajstić information content (AvgIpc) is 2.99. The Labute approximate surface area is 143 Å². The van der Waals surface area contributed by atoms with Crippen molar-refractivity contribution >= 4 is 37.4 Å². The van der Waals surface area contributed by atoms with E-state index in [9.17, 15) is 13.2 Å². The Morgan fingerprint density at radius 3 is 2.54 bits per heavy atom. The molecule has 1 aromatic heterocycles. The van der Waals surface area contributed by atoms with Gasteiger partial charge >= 0.3 is 5.97 Å². The SMILES string of the molecule is O=C(O)c1cc2cc(S(=O)(=O)NCCc3ccccc3)ccc2s1. The molecular formula is C17H15NO4S2. The molecule has 0 bridgehead atoms. The van der Waals surface area contributed by atoms with Crippen molar-refractivity contribution in [2.45, 2.75) is 11.3 Å². The maximum absolute atomic E-state index is 12.4. The monoisotopic (exact) mass is 361 g/mol. The predicted molar refractivity (Wildman–Crippen MR) is 94.1 cm³/mol. The molecule has 3 aromatic rings. The predicted octanol–water partition coefficient (Wildman–Crippen LogP) is 3.12. The molecule has 3 rings (SSSR count). The van der Waals surface area contributed by atoms with Crippen molar-refractivity contribution in [1.29, 1.82) is 0 Å². The number of nitrogens with one attached hydrogen (secondary N) is 1. The van der Waals surface area contributed by atoms with Crippen molar-refractivity contribution < 1.29 is 18.3 Å². The molecule has 0 radical (unpaired) electrons. The summed E-state index contributed by atoms with van der Waals surface area (Å²) in [6, 6.07) is 15.7. The minimum atomic E-state index is -3.63. The summed E-state index contributed by atoms with van der Waals surface area (Å²) in [4.78, 5) is 11.3. The summed E-state index contributed by atoms with van der Waals surface area (Å²) < 4.78 is 28.1. The number of carboxylic acid groups (broad SMARTS) is 1. The molecular weight excluding hydrogens is 346 g/mol. The first-order valence-corrected chi connectivity index (χ1v) is 9.56. The van der Waals surface area contributed by atoms with Crippen LogP contribution in [0.1, 0.15) is 15.2 Å². The molecule has 2 aromatic carbocycles. The minimum absolute atomic E-state index is 0.137. The lowest BCUT2D eigenvalue weighted by molar-refractivity contribution is 0.0702. The standard InChI is InChI=1S/C17H15NO4S2/c19-17(20)16-11-13-10-14(6-7-15(13)23-16)24(21,22)18-9-8-12-4-2-1-3-5-12/h1-7,10-11,18H,8-9H2,(H,19,20). The van der Waals surface area contributed by atoms with Gasteiger partial charge in [0.25, 0.3) is 0 Å². The first kappa shape index (κ1) is 16.6. The highest BCUT2D eigenvalue weighted by Gasteiger charge is 2.16. The molecule has 0 saturated heterocycles. The van der Waals surface area contributed by atoms with Gasteiger partial charge in [0.1, 0.15) is 4.88 Å². The van der Waals surface area contributed by atoms with Gasteiger partial charge in [-0.2, -0.15) is 0 Å². The Hall–Kier alpha value is -2.22. The van der Waals surface area contributed by atoms with Gasteiger partial charge in [0, 0.05) is 11.2 Å². The van der Waals surface area contributed by atoms with Crippen molar-refractivity contribution in [1.82, 2.24) is 4.72 Å². The van der Waals surface area contributed by atoms with E-state index in [0.29, 0.717) is 18.4 Å². The zero-order chi connectivity index (χ0) is 17.2. The van der Waals surface area contributed by atoms with Gasteiger partial charge < -0.3 is 5.11 Å². The van der Waals surface area contributed by atoms with E-state index in [1.54, 1.807) is 6.07 Å². The van der Waals surface area contributed by atoms with Crippen LogP contribution in [-0.2, 0) is 16.4 Å². The largest absolute Gasteiger partial charge is 0.477 e. The number of carboxylic acids is 1. The molecule has 0 spiro atoms. The molecule has 7 heteroatoms. The number of rotatable bonds is 6. The van der Waals surface area contributed by atoms with Crippen molar-refractivity contribution in [3.8, 4) is 0 Å². The normalized spacial score (nSPS) is 11.7. The van der Waals surface area contributed by atoms with Crippen LogP contribution in [0.2, 0.25) is 0 Å². The Morgan fingerprint density at radius 1 is 1.08 bits per heavy atom. The third-order valence-electron chi connectivity index (χ3n) is 3.56. The van der Waals surface area contributed by atoms with Crippen molar-refractivity contribution in [3.05, 3.63) is 65.0 Å². The number of sulfonamides is 1. The molecule has 0 aliphatic heterocycles. The Bertz CT molecular complexity index is 978. The Kier molecular flexibility index (Phi) is 4.66. The average molecular weight is 361 g/mol. The zero-order valence-corrected chi connectivity index (χ0v) is 14.2. The van der Waals surface area contributed by atoms with Gasteiger partial charge in [-0.15, -0.1) is 11.3 Å². The molecule has 0 fully saturated rings. The summed E-state index contributed by atoms with van der Waals surface area (Å²) in [6.07, 6.45) is 0.601. The van der Waals surface area contributed by atoms with E-state index in [4.69, 9.17) is 5.11 Å². The fraction of sp³-hybridized carbons (Fsp3) is 0.118. The lowest BCUT2D eigenvalue weighted by Gasteiger charge is -2.07. The number of hydrogen-bond donors (Lipinski definition) is 2. The van der Waals surface area contributed by atoms with Gasteiger partial charge in [-0.1, -0.05) is 30.3 Å². The second kappa shape index (κ2) is 6.72. The van der Waals surface area contributed by atoms with Crippen LogP contribution in [-0.4, -0.2) is 26.0 Å². The fourth-order valence-electron chi connectivity index (χ4n) is 2.35. The van der Waals surface area contributed by atoms with E-state index in [2.05, 4.69) is 4.72 Å². The summed E-state index contributed by atoms with van der Waals surface area (Å²) in [5.74, 6) is -1.01. The molecule has 0 aliphatic carbocycles. The van der Waals surface area contributed by atoms with E-state index in [-0.39, 0.29) is 9.77 Å². The van der Waals surface area contributed by atoms with Crippen molar-refractivity contribution in [3.63, 3.8) is 0 Å². The van der Waals surface area contributed by atoms with Crippen LogP contribution in [0.4, 0.5) is 0 Å². The van der Waals surface area contributed by atoms with Gasteiger partial charge in [-0.25, -0.2) is 17.9 Å². The molecule has 24 heavy (non-hydrogen) atoms. The lowest BCUT2D eigenvalue weighted by Crippen LogP contribution is -2.25. The summed E-state index contributed by atoms with van der Waals surface area (Å²) in [7, 11) is -3.63. The van der Waals surface area contributed by atoms with Crippen LogP contribution in [0, 0.1) is 0 Å². The summed E-state index contributed by atoms with van der Waals surface area (Å²) in [6.45, 7) is 0.300. The summed E-state index contributed by atoms with van der Waals surface area (Å²) in [5, 5.41) is 9.63. The number of carbonyl (C=O) groups is 1. The molecule has 0 aliphatic rings. The molecule has 0 atom stereocenters. The van der Waals surface area contributed by atoms with E-state index in [0.717, 1.165) is 21.6 Å². The van der Waals surface area contributed by atoms with Crippen LogP contribution in [0.5, 0.6) is 0 Å². The van der Waals surface area contributed by atoms with E-state index in [1.165, 1.54) is 18.2 Å². The van der Waals surface area contributed by atoms with Gasteiger partial charge in [0.15, 0.2) is 0 Å². The van der Waals surface area contributed by atoms with E-state index in [1.807, 2.05) is 30.3 Å². The number of thiophene rings is 1. The third kappa shape index (κ3) is 3.64. The number of benzene rings is 2. The molecule has 0 unspecified atom stereocenters. The van der Waals surface area contributed by atoms with Crippen LogP contribution in [0.3, 0.4) is 0 Å². The molecule has 2 N–H and O–H groups in total. The van der Waals surface area contributed by atoms with Crippen LogP contribution < -0.4 is 4.72 Å². The highest BCUT2D eigenvalue weighted by Crippen LogP contribution is 2.27. The van der Waals surface area contributed by atoms with E-state index < -0.39 is 16.0 Å². The lowest BCUT2D eigenvalue weighted by atomic mass is 10.2. The van der Waals surface area contributed by atoms with Gasteiger partial charge in [0.2, 0.25) is 10.0 Å². The van der Waals surface area contributed by atoms with Crippen molar-refractivity contribution in [2.24, 2.45) is 0 Å². The molecule has 1 heterocycles. The van der Waals surface area contributed by atoms with Crippen LogP contribution in [0.15, 0.2) is 59.5 Å². The summed E-state index contributed by atoms with van der Waals surface area (Å²) >= 11 is 1.13. The van der Waals surface area contributed by atoms with E-state index >= 15 is 0 Å². The maximum Gasteiger partial charge on any atom is 0.345 e. The quantitative estimate of drug-likeness (QED) is 0.707. The number of hydrogen-bond acceptors (Lipinski definition) is 4. The fourth-order valence-corrected chi connectivity index (χ4v) is 4.30. The van der Waals surface area contributed by atoms with Gasteiger partial charge in [-0.3, -0.25) is 0 Å². The van der Waals surface area contributed by atoms with Crippen LogP contribution in [0.25, 0.3) is 10.1 Å². The number of aromatic carboxylic acids is 1. The third-order valence-corrected chi connectivity index (χ3v) is 6.12. The number of fused-ring (bicyclic) bond motifs is 1. The molecule has 124 valence electrons. The summed E-state index contributed by atoms with van der Waals surface area (Å²) in [5.41, 5.74) is 1.06. The Morgan fingerprint density at radius 2 is 1.83 bits per heavy atom. The second-order valence-electron chi connectivity index (χ2n) is 5.25. The molecule has 0 amide bonds. The second-order valence-corrected chi connectivity index (χ2v) is 8.10. The van der Waals surface area contributed by atoms with Gasteiger partial charge in [-0.05, 0) is 41.6 Å². The molecule has 0 saturated carbocycles. The first-order valence-electron chi connectivity index (χ1n) is 7.26. The first-order chi connectivity index (χ1) is 11.5. The highest BCUT2D eigenvalue weighted by atomic mass is 32.2. The Balaban J connectivity index is 1.76.